The highest BCUT2D eigenvalue weighted by atomic mass is 35.5. The van der Waals surface area contributed by atoms with Crippen molar-refractivity contribution in [3.05, 3.63) is 63.6 Å². The van der Waals surface area contributed by atoms with Crippen molar-refractivity contribution in [1.82, 2.24) is 5.32 Å². The fraction of sp³-hybridized carbons (Fsp3) is 0.294. The molecule has 21 heavy (non-hydrogen) atoms. The number of likely N-dealkylation sites (N-methyl/N-ethyl adjacent to an activating group) is 1. The minimum atomic E-state index is 0.333. The molecule has 0 aliphatic rings. The summed E-state index contributed by atoms with van der Waals surface area (Å²) in [7, 11) is 3.64. The Morgan fingerprint density at radius 3 is 2.33 bits per heavy atom. The van der Waals surface area contributed by atoms with Crippen LogP contribution in [0.5, 0.6) is 5.75 Å². The van der Waals surface area contributed by atoms with Gasteiger partial charge in [0.15, 0.2) is 0 Å². The molecular weight excluding hydrogens is 305 g/mol. The number of methoxy groups -OCH3 is 1. The minimum absolute atomic E-state index is 0.333. The van der Waals surface area contributed by atoms with Gasteiger partial charge in [-0.2, -0.15) is 0 Å². The van der Waals surface area contributed by atoms with Crippen LogP contribution in [0.4, 0.5) is 0 Å². The smallest absolute Gasteiger partial charge is 0.122 e. The summed E-state index contributed by atoms with van der Waals surface area (Å²) >= 11 is 12.1. The van der Waals surface area contributed by atoms with Crippen LogP contribution in [0.2, 0.25) is 10.0 Å². The van der Waals surface area contributed by atoms with Crippen LogP contribution in [-0.2, 0) is 6.42 Å². The molecule has 2 aromatic carbocycles. The molecule has 112 valence electrons. The largest absolute Gasteiger partial charge is 0.496 e. The molecule has 0 bridgehead atoms. The number of halogens is 2. The minimum Gasteiger partial charge on any atom is -0.496 e. The highest BCUT2D eigenvalue weighted by Crippen LogP contribution is 2.29. The normalized spacial score (nSPS) is 12.2. The van der Waals surface area contributed by atoms with E-state index in [0.717, 1.165) is 34.3 Å². The molecule has 0 heterocycles. The molecule has 2 nitrogen and oxygen atoms in total. The Balaban J connectivity index is 2.27. The highest BCUT2D eigenvalue weighted by molar-refractivity contribution is 6.30. The van der Waals surface area contributed by atoms with Crippen molar-refractivity contribution >= 4 is 23.2 Å². The Hall–Kier alpha value is -1.22. The molecular formula is C17H19Cl2NO. The molecule has 4 heteroatoms. The first-order valence-corrected chi connectivity index (χ1v) is 7.62. The predicted octanol–water partition coefficient (Wildman–Crippen LogP) is 4.55. The first kappa shape index (κ1) is 16.2. The van der Waals surface area contributed by atoms with Crippen molar-refractivity contribution in [2.24, 2.45) is 0 Å². The van der Waals surface area contributed by atoms with E-state index in [9.17, 15) is 0 Å². The van der Waals surface area contributed by atoms with Gasteiger partial charge in [0.2, 0.25) is 0 Å². The van der Waals surface area contributed by atoms with Crippen molar-refractivity contribution < 1.29 is 4.74 Å². The summed E-state index contributed by atoms with van der Waals surface area (Å²) in [6, 6.07) is 13.7. The average molecular weight is 324 g/mol. The van der Waals surface area contributed by atoms with Gasteiger partial charge in [-0.25, -0.2) is 0 Å². The molecule has 0 saturated carbocycles. The molecule has 0 fully saturated rings. The maximum Gasteiger partial charge on any atom is 0.122 e. The molecule has 1 N–H and O–H groups in total. The topological polar surface area (TPSA) is 21.3 Å². The highest BCUT2D eigenvalue weighted by Gasteiger charge is 2.15. The Bertz CT molecular complexity index is 584. The van der Waals surface area contributed by atoms with Gasteiger partial charge in [-0.05, 0) is 54.9 Å². The third-order valence-electron chi connectivity index (χ3n) is 3.50. The number of nitrogens with one attached hydrogen (secondary N) is 1. The van der Waals surface area contributed by atoms with E-state index in [4.69, 9.17) is 27.9 Å². The molecule has 0 saturated heterocycles. The monoisotopic (exact) mass is 323 g/mol. The van der Waals surface area contributed by atoms with E-state index < -0.39 is 0 Å². The van der Waals surface area contributed by atoms with Crippen LogP contribution < -0.4 is 10.1 Å². The first-order chi connectivity index (χ1) is 10.1. The second kappa shape index (κ2) is 7.69. The van der Waals surface area contributed by atoms with E-state index in [2.05, 4.69) is 17.4 Å². The van der Waals surface area contributed by atoms with Gasteiger partial charge < -0.3 is 10.1 Å². The number of hydrogen-bond donors (Lipinski definition) is 1. The third-order valence-corrected chi connectivity index (χ3v) is 3.99. The molecule has 2 aromatic rings. The van der Waals surface area contributed by atoms with Crippen LogP contribution in [0.1, 0.15) is 17.0 Å². The fourth-order valence-electron chi connectivity index (χ4n) is 2.46. The third kappa shape index (κ3) is 4.37. The van der Waals surface area contributed by atoms with Gasteiger partial charge >= 0.3 is 0 Å². The second-order valence-corrected chi connectivity index (χ2v) is 5.84. The zero-order valence-electron chi connectivity index (χ0n) is 12.2. The van der Waals surface area contributed by atoms with E-state index in [0.29, 0.717) is 5.92 Å². The Kier molecular flexibility index (Phi) is 5.92. The van der Waals surface area contributed by atoms with Crippen LogP contribution in [0.25, 0.3) is 0 Å². The van der Waals surface area contributed by atoms with Gasteiger partial charge in [0.05, 0.1) is 7.11 Å². The number of benzene rings is 2. The molecule has 0 aromatic heterocycles. The van der Waals surface area contributed by atoms with Crippen molar-refractivity contribution in [2.75, 3.05) is 20.7 Å². The lowest BCUT2D eigenvalue weighted by Gasteiger charge is -2.19. The maximum atomic E-state index is 6.11. The molecule has 0 aliphatic heterocycles. The summed E-state index contributed by atoms with van der Waals surface area (Å²) in [5.74, 6) is 1.20. The molecule has 0 spiro atoms. The van der Waals surface area contributed by atoms with Crippen LogP contribution in [0, 0.1) is 0 Å². The van der Waals surface area contributed by atoms with Crippen molar-refractivity contribution in [3.8, 4) is 5.75 Å². The lowest BCUT2D eigenvalue weighted by atomic mass is 9.91. The summed E-state index contributed by atoms with van der Waals surface area (Å²) in [6.07, 6.45) is 0.853. The first-order valence-electron chi connectivity index (χ1n) is 6.86. The summed E-state index contributed by atoms with van der Waals surface area (Å²) in [5, 5.41) is 4.73. The van der Waals surface area contributed by atoms with Crippen LogP contribution in [0.15, 0.2) is 42.5 Å². The molecule has 0 amide bonds. The summed E-state index contributed by atoms with van der Waals surface area (Å²) in [6.45, 7) is 0.872. The van der Waals surface area contributed by atoms with E-state index in [1.54, 1.807) is 7.11 Å². The van der Waals surface area contributed by atoms with E-state index in [1.807, 2.05) is 37.4 Å². The number of hydrogen-bond acceptors (Lipinski definition) is 2. The van der Waals surface area contributed by atoms with E-state index in [-0.39, 0.29) is 0 Å². The fourth-order valence-corrected chi connectivity index (χ4v) is 2.78. The SMILES string of the molecule is CNCC(Cc1cc(Cl)ccc1OC)c1ccc(Cl)cc1. The Morgan fingerprint density at radius 1 is 1.05 bits per heavy atom. The van der Waals surface area contributed by atoms with E-state index >= 15 is 0 Å². The van der Waals surface area contributed by atoms with Gasteiger partial charge in [0.1, 0.15) is 5.75 Å². The van der Waals surface area contributed by atoms with Crippen LogP contribution in [0.3, 0.4) is 0 Å². The Morgan fingerprint density at radius 2 is 1.71 bits per heavy atom. The Labute approximate surface area is 136 Å². The van der Waals surface area contributed by atoms with Gasteiger partial charge in [-0.15, -0.1) is 0 Å². The van der Waals surface area contributed by atoms with Crippen molar-refractivity contribution in [1.29, 1.82) is 0 Å². The molecule has 0 aliphatic carbocycles. The quantitative estimate of drug-likeness (QED) is 0.842. The zero-order valence-corrected chi connectivity index (χ0v) is 13.7. The van der Waals surface area contributed by atoms with E-state index in [1.165, 1.54) is 5.56 Å². The van der Waals surface area contributed by atoms with Gasteiger partial charge in [0, 0.05) is 22.5 Å². The number of ether oxygens (including phenoxy) is 1. The number of rotatable bonds is 6. The van der Waals surface area contributed by atoms with Crippen molar-refractivity contribution in [3.63, 3.8) is 0 Å². The summed E-state index contributed by atoms with van der Waals surface area (Å²) in [5.41, 5.74) is 2.36. The molecule has 1 unspecified atom stereocenters. The summed E-state index contributed by atoms with van der Waals surface area (Å²) in [4.78, 5) is 0. The van der Waals surface area contributed by atoms with Crippen LogP contribution in [-0.4, -0.2) is 20.7 Å². The van der Waals surface area contributed by atoms with Gasteiger partial charge in [-0.1, -0.05) is 35.3 Å². The lowest BCUT2D eigenvalue weighted by molar-refractivity contribution is 0.407. The van der Waals surface area contributed by atoms with Gasteiger partial charge in [0.25, 0.3) is 0 Å². The van der Waals surface area contributed by atoms with Crippen LogP contribution >= 0.6 is 23.2 Å². The summed E-state index contributed by atoms with van der Waals surface area (Å²) < 4.78 is 5.43. The molecule has 2 rings (SSSR count). The average Bonchev–Trinajstić information content (AvgIpc) is 2.48. The predicted molar refractivity (Wildman–Crippen MR) is 89.8 cm³/mol. The second-order valence-electron chi connectivity index (χ2n) is 4.97. The standard InChI is InChI=1S/C17H19Cl2NO/c1-20-11-14(12-3-5-15(18)6-4-12)9-13-10-16(19)7-8-17(13)21-2/h3-8,10,14,20H,9,11H2,1-2H3. The van der Waals surface area contributed by atoms with Crippen molar-refractivity contribution in [2.45, 2.75) is 12.3 Å². The molecule has 1 atom stereocenters. The molecule has 0 radical (unpaired) electrons. The zero-order chi connectivity index (χ0) is 15.2. The maximum absolute atomic E-state index is 6.11. The van der Waals surface area contributed by atoms with Gasteiger partial charge in [-0.3, -0.25) is 0 Å². The lowest BCUT2D eigenvalue weighted by Crippen LogP contribution is -2.19.